The van der Waals surface area contributed by atoms with Crippen molar-refractivity contribution in [2.75, 3.05) is 329 Å². The monoisotopic (exact) mass is 1590 g/mol. The molecule has 1 radical (unpaired) electrons. The highest BCUT2D eigenvalue weighted by atomic mass is 16.6. The number of nitrogens with two attached hydrogens (primary N) is 2. The Balaban J connectivity index is 1.66. The molecule has 1 rings (SSSR count). The number of carbonyl (C=O) groups is 5. The number of rotatable bonds is 87. The Hall–Kier alpha value is -4.79. The molecular formula is C74H138N7O29. The molecule has 0 heterocycles. The lowest BCUT2D eigenvalue weighted by Crippen LogP contribution is -2.55. The molecule has 643 valence electrons. The van der Waals surface area contributed by atoms with Gasteiger partial charge in [0.2, 0.25) is 17.7 Å². The van der Waals surface area contributed by atoms with Crippen LogP contribution in [0.5, 0.6) is 0 Å². The number of primary amides is 1. The van der Waals surface area contributed by atoms with Crippen LogP contribution in [0.1, 0.15) is 64.9 Å². The third-order valence-electron chi connectivity index (χ3n) is 14.7. The van der Waals surface area contributed by atoms with Gasteiger partial charge in [-0.05, 0) is 69.6 Å². The fraction of sp³-hybridized carbons (Fsp3) is 0.838. The lowest BCUT2D eigenvalue weighted by atomic mass is 10.0. The highest BCUT2D eigenvalue weighted by Crippen LogP contribution is 2.10. The summed E-state index contributed by atoms with van der Waals surface area (Å²) in [6, 6.07) is 4.82. The van der Waals surface area contributed by atoms with Gasteiger partial charge in [0, 0.05) is 31.2 Å². The van der Waals surface area contributed by atoms with Gasteiger partial charge in [0.25, 0.3) is 0 Å². The molecule has 0 saturated heterocycles. The largest absolute Gasteiger partial charge is 0.447 e. The first-order valence-corrected chi connectivity index (χ1v) is 38.7. The van der Waals surface area contributed by atoms with E-state index in [-0.39, 0.29) is 50.0 Å². The minimum Gasteiger partial charge on any atom is -0.447 e. The van der Waals surface area contributed by atoms with E-state index in [0.29, 0.717) is 342 Å². The second kappa shape index (κ2) is 82.2. The molecule has 0 unspecified atom stereocenters. The number of benzene rings is 1. The van der Waals surface area contributed by atoms with E-state index in [1.54, 1.807) is 24.3 Å². The second-order valence-corrected chi connectivity index (χ2v) is 24.3. The number of hydrogen-bond acceptors (Lipinski definition) is 30. The maximum atomic E-state index is 12.9. The first kappa shape index (κ1) is 103. The lowest BCUT2D eigenvalue weighted by Gasteiger charge is -2.25. The minimum atomic E-state index is -0.790. The summed E-state index contributed by atoms with van der Waals surface area (Å²) in [5, 5.41) is 13.7. The maximum absolute atomic E-state index is 12.9. The number of unbranched alkanes of at least 4 members (excludes halogenated alkanes) is 1. The molecule has 0 aromatic heterocycles. The maximum Gasteiger partial charge on any atom is 0.411 e. The molecule has 110 heavy (non-hydrogen) atoms. The average Bonchev–Trinajstić information content (AvgIpc) is 0.885. The van der Waals surface area contributed by atoms with E-state index >= 15 is 0 Å². The van der Waals surface area contributed by atoms with Crippen molar-refractivity contribution in [1.82, 2.24) is 21.3 Å². The number of anilines is 1. The van der Waals surface area contributed by atoms with Gasteiger partial charge in [-0.1, -0.05) is 26.0 Å². The van der Waals surface area contributed by atoms with Gasteiger partial charge in [-0.15, -0.1) is 0 Å². The predicted molar refractivity (Wildman–Crippen MR) is 405 cm³/mol. The zero-order valence-electron chi connectivity index (χ0n) is 66.2. The van der Waals surface area contributed by atoms with Crippen molar-refractivity contribution in [3.05, 3.63) is 36.8 Å². The fourth-order valence-corrected chi connectivity index (χ4v) is 8.80. The second-order valence-electron chi connectivity index (χ2n) is 24.3. The van der Waals surface area contributed by atoms with Crippen molar-refractivity contribution in [2.24, 2.45) is 17.4 Å². The van der Waals surface area contributed by atoms with Crippen LogP contribution in [0.2, 0.25) is 0 Å². The fourth-order valence-electron chi connectivity index (χ4n) is 8.80. The molecule has 1 aromatic rings. The number of hydrogen-bond donors (Lipinski definition) is 7. The smallest absolute Gasteiger partial charge is 0.411 e. The number of nitrogens with one attached hydrogen (secondary N) is 5. The van der Waals surface area contributed by atoms with Crippen LogP contribution < -0.4 is 38.1 Å². The number of carbonyl (C=O) groups excluding carboxylic acids is 5. The molecule has 0 aliphatic heterocycles. The van der Waals surface area contributed by atoms with Crippen LogP contribution in [-0.4, -0.2) is 372 Å². The molecule has 36 heteroatoms. The Morgan fingerprint density at radius 3 is 0.891 bits per heavy atom. The SMILES string of the molecule is [CH2]c1ccc(NC(=O)OCCOCCOCCOCCOCCOCCOCCOCCOCCOCCOCCOCCOCCOCCOCCOCCOCCOCCOCCOCCOCCOCCOCCOCCC(=O)NCCCC[C@H](N)C(=O)N[C@H](C(=O)N[C@@H](C)CCCNC(N)=O)C(C)C)cc1. The van der Waals surface area contributed by atoms with Gasteiger partial charge in [-0.3, -0.25) is 19.7 Å². The van der Waals surface area contributed by atoms with Gasteiger partial charge in [-0.25, -0.2) is 9.59 Å². The van der Waals surface area contributed by atoms with Gasteiger partial charge in [0.15, 0.2) is 0 Å². The summed E-state index contributed by atoms with van der Waals surface area (Å²) in [4.78, 5) is 60.4. The summed E-state index contributed by atoms with van der Waals surface area (Å²) in [5.41, 5.74) is 12.7. The third-order valence-corrected chi connectivity index (χ3v) is 14.7. The summed E-state index contributed by atoms with van der Waals surface area (Å²) in [6.45, 7) is 30.8. The van der Waals surface area contributed by atoms with Crippen LogP contribution in [0, 0.1) is 12.8 Å². The van der Waals surface area contributed by atoms with Crippen molar-refractivity contribution in [3.63, 3.8) is 0 Å². The van der Waals surface area contributed by atoms with Crippen molar-refractivity contribution < 1.29 is 138 Å². The first-order chi connectivity index (χ1) is 53.9. The van der Waals surface area contributed by atoms with Crippen molar-refractivity contribution in [1.29, 1.82) is 0 Å². The van der Waals surface area contributed by atoms with Gasteiger partial charge >= 0.3 is 12.1 Å². The number of amides is 6. The first-order valence-electron chi connectivity index (χ1n) is 38.7. The summed E-state index contributed by atoms with van der Waals surface area (Å²) in [7, 11) is 0. The van der Waals surface area contributed by atoms with E-state index in [4.69, 9.17) is 125 Å². The third kappa shape index (κ3) is 75.9. The molecule has 3 atom stereocenters. The highest BCUT2D eigenvalue weighted by molar-refractivity contribution is 5.90. The van der Waals surface area contributed by atoms with Crippen molar-refractivity contribution >= 4 is 35.5 Å². The summed E-state index contributed by atoms with van der Waals surface area (Å²) < 4.78 is 132. The summed E-state index contributed by atoms with van der Waals surface area (Å²) >= 11 is 0. The Morgan fingerprint density at radius 1 is 0.336 bits per heavy atom. The Labute approximate surface area is 652 Å². The Morgan fingerprint density at radius 2 is 0.609 bits per heavy atom. The zero-order valence-corrected chi connectivity index (χ0v) is 66.2. The molecule has 1 aromatic carbocycles. The van der Waals surface area contributed by atoms with Gasteiger partial charge < -0.3 is 146 Å². The van der Waals surface area contributed by atoms with Crippen LogP contribution >= 0.6 is 0 Å². The Bertz CT molecular complexity index is 2200. The van der Waals surface area contributed by atoms with Crippen LogP contribution in [0.4, 0.5) is 15.3 Å². The molecule has 9 N–H and O–H groups in total. The quantitative estimate of drug-likeness (QED) is 0.0458. The molecule has 0 fully saturated rings. The van der Waals surface area contributed by atoms with Gasteiger partial charge in [0.1, 0.15) is 12.6 Å². The van der Waals surface area contributed by atoms with E-state index in [1.807, 2.05) is 20.8 Å². The van der Waals surface area contributed by atoms with E-state index in [0.717, 1.165) is 5.56 Å². The van der Waals surface area contributed by atoms with Gasteiger partial charge in [0.05, 0.1) is 310 Å². The number of ether oxygens (including phenoxy) is 24. The summed E-state index contributed by atoms with van der Waals surface area (Å²) in [6.07, 6.45) is 2.61. The molecule has 0 spiro atoms. The zero-order chi connectivity index (χ0) is 79.6. The molecule has 0 aliphatic carbocycles. The molecule has 0 bridgehead atoms. The van der Waals surface area contributed by atoms with E-state index < -0.39 is 30.1 Å². The van der Waals surface area contributed by atoms with E-state index in [9.17, 15) is 24.0 Å². The topological polar surface area (TPSA) is 419 Å². The molecule has 36 nitrogen and oxygen atoms in total. The van der Waals surface area contributed by atoms with Crippen molar-refractivity contribution in [3.8, 4) is 0 Å². The van der Waals surface area contributed by atoms with Crippen LogP contribution in [0.3, 0.4) is 0 Å². The van der Waals surface area contributed by atoms with E-state index in [1.165, 1.54) is 0 Å². The predicted octanol–water partition coefficient (Wildman–Crippen LogP) is 1.90. The van der Waals surface area contributed by atoms with Crippen LogP contribution in [0.25, 0.3) is 0 Å². The molecular weight excluding hydrogens is 1450 g/mol. The van der Waals surface area contributed by atoms with Gasteiger partial charge in [-0.2, -0.15) is 0 Å². The molecule has 0 aliphatic rings. The molecule has 6 amide bonds. The number of urea groups is 1. The average molecular weight is 1590 g/mol. The van der Waals surface area contributed by atoms with Crippen LogP contribution in [0.15, 0.2) is 24.3 Å². The minimum absolute atomic E-state index is 0.134. The standard InChI is InChI=1S/C74H138N7O29/c1-64(2)70(72(84)79-66(4)8-7-16-78-73(76)85)81-71(83)68(75)9-5-6-15-77-69(82)14-17-87-18-19-88-20-21-89-22-23-90-24-25-91-26-27-92-28-29-93-30-31-94-32-33-95-34-35-96-36-37-97-38-39-98-40-41-99-42-43-100-44-45-101-46-47-102-48-49-103-50-51-104-52-53-105-54-55-106-56-57-107-58-59-108-60-61-109-62-63-110-74(86)80-67-12-10-65(3)11-13-67/h10-13,64,66,68,70H,3,5-9,14-63,75H2,1-2,4H3,(H,77,82)(H,79,84)(H,80,86)(H,81,83)(H3,76,78,85)/t66-,68-,70-/m0/s1. The van der Waals surface area contributed by atoms with Crippen molar-refractivity contribution in [2.45, 2.75) is 77.4 Å². The normalized spacial score (nSPS) is 12.3. The highest BCUT2D eigenvalue weighted by Gasteiger charge is 2.27. The Kier molecular flexibility index (Phi) is 77.1. The lowest BCUT2D eigenvalue weighted by molar-refractivity contribution is -0.131. The van der Waals surface area contributed by atoms with E-state index in [2.05, 4.69) is 33.5 Å². The summed E-state index contributed by atoms with van der Waals surface area (Å²) in [5.74, 6) is -0.990. The van der Waals surface area contributed by atoms with Crippen LogP contribution in [-0.2, 0) is 128 Å². The molecule has 0 saturated carbocycles.